The second-order valence-corrected chi connectivity index (χ2v) is 8.03. The normalized spacial score (nSPS) is 13.8. The fraction of sp³-hybridized carbons (Fsp3) is 0.333. The van der Waals surface area contributed by atoms with Gasteiger partial charge in [-0.2, -0.15) is 0 Å². The van der Waals surface area contributed by atoms with Crippen molar-refractivity contribution in [1.29, 1.82) is 0 Å². The zero-order valence-corrected chi connectivity index (χ0v) is 18.4. The first-order valence-corrected chi connectivity index (χ1v) is 10.8. The van der Waals surface area contributed by atoms with Crippen LogP contribution in [0, 0.1) is 13.8 Å². The Hall–Kier alpha value is -3.68. The van der Waals surface area contributed by atoms with Crippen LogP contribution in [0.4, 0.5) is 10.5 Å². The number of aryl methyl sites for hydroxylation is 3. The van der Waals surface area contributed by atoms with Gasteiger partial charge >= 0.3 is 6.03 Å². The number of nitrogens with one attached hydrogen (secondary N) is 1. The highest BCUT2D eigenvalue weighted by Crippen LogP contribution is 2.19. The van der Waals surface area contributed by atoms with Crippen LogP contribution in [0.25, 0.3) is 11.5 Å². The molecule has 3 aromatic rings. The number of carbonyl (C=O) groups is 2. The van der Waals surface area contributed by atoms with Gasteiger partial charge in [-0.3, -0.25) is 4.79 Å². The van der Waals surface area contributed by atoms with Crippen LogP contribution < -0.4 is 5.32 Å². The maximum atomic E-state index is 12.6. The van der Waals surface area contributed by atoms with E-state index in [4.69, 9.17) is 4.42 Å². The van der Waals surface area contributed by atoms with Gasteiger partial charge in [-0.25, -0.2) is 4.79 Å². The highest BCUT2D eigenvalue weighted by molar-refractivity contribution is 5.89. The average Bonchev–Trinajstić information content (AvgIpc) is 3.27. The summed E-state index contributed by atoms with van der Waals surface area (Å²) in [4.78, 5) is 28.6. The van der Waals surface area contributed by atoms with E-state index in [1.807, 2.05) is 62.4 Å². The second-order valence-electron chi connectivity index (χ2n) is 8.03. The van der Waals surface area contributed by atoms with Gasteiger partial charge in [0, 0.05) is 50.3 Å². The van der Waals surface area contributed by atoms with Crippen molar-refractivity contribution in [3.8, 4) is 11.5 Å². The van der Waals surface area contributed by atoms with E-state index in [1.165, 1.54) is 0 Å². The van der Waals surface area contributed by atoms with E-state index >= 15 is 0 Å². The van der Waals surface area contributed by atoms with Crippen molar-refractivity contribution < 1.29 is 14.0 Å². The first kappa shape index (κ1) is 21.5. The molecular weight excluding hydrogens is 406 g/mol. The van der Waals surface area contributed by atoms with Crippen molar-refractivity contribution in [3.05, 3.63) is 65.5 Å². The summed E-state index contributed by atoms with van der Waals surface area (Å²) in [6.07, 6.45) is 0.691. The minimum atomic E-state index is -0.141. The summed E-state index contributed by atoms with van der Waals surface area (Å²) in [6, 6.07) is 15.4. The second kappa shape index (κ2) is 9.64. The lowest BCUT2D eigenvalue weighted by molar-refractivity contribution is -0.132. The van der Waals surface area contributed by atoms with Crippen molar-refractivity contribution in [2.24, 2.45) is 0 Å². The summed E-state index contributed by atoms with van der Waals surface area (Å²) >= 11 is 0. The van der Waals surface area contributed by atoms with Crippen LogP contribution in [0.5, 0.6) is 0 Å². The monoisotopic (exact) mass is 433 g/mol. The van der Waals surface area contributed by atoms with Gasteiger partial charge in [-0.1, -0.05) is 29.8 Å². The molecular formula is C24H27N5O3. The fourth-order valence-corrected chi connectivity index (χ4v) is 3.62. The van der Waals surface area contributed by atoms with Crippen LogP contribution in [0.1, 0.15) is 23.4 Å². The Bertz CT molecular complexity index is 1090. The van der Waals surface area contributed by atoms with Gasteiger partial charge in [0.25, 0.3) is 0 Å². The smallest absolute Gasteiger partial charge is 0.321 e. The summed E-state index contributed by atoms with van der Waals surface area (Å²) in [5, 5.41) is 11.1. The summed E-state index contributed by atoms with van der Waals surface area (Å²) in [5.41, 5.74) is 3.89. The molecule has 1 saturated heterocycles. The molecule has 1 aliphatic heterocycles. The van der Waals surface area contributed by atoms with Crippen LogP contribution in [0.3, 0.4) is 0 Å². The van der Waals surface area contributed by atoms with Crippen molar-refractivity contribution in [2.75, 3.05) is 31.5 Å². The van der Waals surface area contributed by atoms with Crippen molar-refractivity contribution >= 4 is 17.6 Å². The SMILES string of the molecule is Cc1ccc(-c2nnc(CCC(=O)N3CCN(C(=O)Nc4cccc(C)c4)CC3)o2)cc1. The van der Waals surface area contributed by atoms with Crippen LogP contribution >= 0.6 is 0 Å². The molecule has 0 saturated carbocycles. The molecule has 0 atom stereocenters. The molecule has 1 N–H and O–H groups in total. The topological polar surface area (TPSA) is 91.6 Å². The number of amides is 3. The average molecular weight is 434 g/mol. The Morgan fingerprint density at radius 2 is 1.66 bits per heavy atom. The molecule has 0 spiro atoms. The number of urea groups is 1. The minimum Gasteiger partial charge on any atom is -0.421 e. The zero-order valence-electron chi connectivity index (χ0n) is 18.4. The molecule has 2 aromatic carbocycles. The number of aromatic nitrogens is 2. The molecule has 32 heavy (non-hydrogen) atoms. The number of hydrogen-bond acceptors (Lipinski definition) is 5. The summed E-state index contributed by atoms with van der Waals surface area (Å²) < 4.78 is 5.71. The van der Waals surface area contributed by atoms with E-state index in [-0.39, 0.29) is 11.9 Å². The Labute approximate surface area is 187 Å². The van der Waals surface area contributed by atoms with E-state index in [2.05, 4.69) is 15.5 Å². The van der Waals surface area contributed by atoms with E-state index < -0.39 is 0 Å². The maximum Gasteiger partial charge on any atom is 0.321 e. The number of anilines is 1. The quantitative estimate of drug-likeness (QED) is 0.663. The third-order valence-electron chi connectivity index (χ3n) is 5.51. The molecule has 0 bridgehead atoms. The van der Waals surface area contributed by atoms with Crippen molar-refractivity contribution in [1.82, 2.24) is 20.0 Å². The third kappa shape index (κ3) is 5.32. The summed E-state index contributed by atoms with van der Waals surface area (Å²) in [5.74, 6) is 0.935. The Morgan fingerprint density at radius 1 is 0.938 bits per heavy atom. The number of carbonyl (C=O) groups excluding carboxylic acids is 2. The van der Waals surface area contributed by atoms with Gasteiger partial charge in [-0.05, 0) is 43.7 Å². The van der Waals surface area contributed by atoms with E-state index in [1.54, 1.807) is 9.80 Å². The first-order chi connectivity index (χ1) is 15.5. The molecule has 166 valence electrons. The molecule has 2 heterocycles. The van der Waals surface area contributed by atoms with Gasteiger partial charge in [0.15, 0.2) is 0 Å². The zero-order chi connectivity index (χ0) is 22.5. The molecule has 4 rings (SSSR count). The summed E-state index contributed by atoms with van der Waals surface area (Å²) in [7, 11) is 0. The lowest BCUT2D eigenvalue weighted by Crippen LogP contribution is -2.51. The minimum absolute atomic E-state index is 0.0267. The van der Waals surface area contributed by atoms with Crippen LogP contribution in [0.2, 0.25) is 0 Å². The molecule has 8 nitrogen and oxygen atoms in total. The van der Waals surface area contributed by atoms with Crippen LogP contribution in [-0.2, 0) is 11.2 Å². The van der Waals surface area contributed by atoms with Crippen molar-refractivity contribution in [2.45, 2.75) is 26.7 Å². The third-order valence-corrected chi connectivity index (χ3v) is 5.51. The highest BCUT2D eigenvalue weighted by atomic mass is 16.4. The molecule has 0 aliphatic carbocycles. The molecule has 1 aromatic heterocycles. The molecule has 8 heteroatoms. The lowest BCUT2D eigenvalue weighted by atomic mass is 10.1. The first-order valence-electron chi connectivity index (χ1n) is 10.8. The Morgan fingerprint density at radius 3 is 2.38 bits per heavy atom. The van der Waals surface area contributed by atoms with Crippen LogP contribution in [-0.4, -0.2) is 58.1 Å². The van der Waals surface area contributed by atoms with Crippen molar-refractivity contribution in [3.63, 3.8) is 0 Å². The molecule has 1 fully saturated rings. The van der Waals surface area contributed by atoms with Gasteiger partial charge < -0.3 is 19.5 Å². The number of piperazine rings is 1. The molecule has 0 radical (unpaired) electrons. The number of nitrogens with zero attached hydrogens (tertiary/aromatic N) is 4. The lowest BCUT2D eigenvalue weighted by Gasteiger charge is -2.34. The maximum absolute atomic E-state index is 12.6. The molecule has 3 amide bonds. The number of hydrogen-bond donors (Lipinski definition) is 1. The Kier molecular flexibility index (Phi) is 6.49. The fourth-order valence-electron chi connectivity index (χ4n) is 3.62. The molecule has 0 unspecified atom stereocenters. The number of rotatable bonds is 5. The van der Waals surface area contributed by atoms with Gasteiger partial charge in [-0.15, -0.1) is 10.2 Å². The highest BCUT2D eigenvalue weighted by Gasteiger charge is 2.24. The predicted octanol–water partition coefficient (Wildman–Crippen LogP) is 3.66. The van der Waals surface area contributed by atoms with Crippen LogP contribution in [0.15, 0.2) is 52.9 Å². The Balaban J connectivity index is 1.23. The molecule has 1 aliphatic rings. The van der Waals surface area contributed by atoms with E-state index in [9.17, 15) is 9.59 Å². The van der Waals surface area contributed by atoms with E-state index in [0.717, 1.165) is 22.4 Å². The summed E-state index contributed by atoms with van der Waals surface area (Å²) in [6.45, 7) is 6.03. The standard InChI is InChI=1S/C24H27N5O3/c1-17-6-8-19(9-7-17)23-27-26-21(32-23)10-11-22(30)28-12-14-29(15-13-28)24(31)25-20-5-3-4-18(2)16-20/h3-9,16H,10-15H2,1-2H3,(H,25,31). The largest absolute Gasteiger partial charge is 0.421 e. The van der Waals surface area contributed by atoms with E-state index in [0.29, 0.717) is 50.8 Å². The predicted molar refractivity (Wildman–Crippen MR) is 121 cm³/mol. The van der Waals surface area contributed by atoms with Gasteiger partial charge in [0.1, 0.15) is 0 Å². The number of benzene rings is 2. The van der Waals surface area contributed by atoms with Gasteiger partial charge in [0.2, 0.25) is 17.7 Å². The van der Waals surface area contributed by atoms with Gasteiger partial charge in [0.05, 0.1) is 0 Å².